The van der Waals surface area contributed by atoms with Crippen molar-refractivity contribution in [2.45, 2.75) is 15.8 Å². The first-order chi connectivity index (χ1) is 16.7. The molecular formula is C25H24N4O3S2. The highest BCUT2D eigenvalue weighted by Gasteiger charge is 2.17. The maximum absolute atomic E-state index is 12.7. The number of rotatable bonds is 10. The summed E-state index contributed by atoms with van der Waals surface area (Å²) in [5.74, 6) is 2.65. The fourth-order valence-corrected chi connectivity index (χ4v) is 4.82. The van der Waals surface area contributed by atoms with Crippen molar-refractivity contribution in [3.63, 3.8) is 0 Å². The topological polar surface area (TPSA) is 78.3 Å². The molecule has 0 saturated heterocycles. The summed E-state index contributed by atoms with van der Waals surface area (Å²) >= 11 is 3.02. The summed E-state index contributed by atoms with van der Waals surface area (Å²) < 4.78 is 12.6. The lowest BCUT2D eigenvalue weighted by Crippen LogP contribution is -2.15. The van der Waals surface area contributed by atoms with E-state index in [-0.39, 0.29) is 11.7 Å². The van der Waals surface area contributed by atoms with Gasteiger partial charge in [-0.05, 0) is 36.4 Å². The average Bonchev–Trinajstić information content (AvgIpc) is 3.30. The number of ether oxygens (including phenoxy) is 2. The van der Waals surface area contributed by atoms with Crippen LogP contribution in [0, 0.1) is 0 Å². The highest BCUT2D eigenvalue weighted by Crippen LogP contribution is 2.30. The zero-order valence-electron chi connectivity index (χ0n) is 18.8. The Labute approximate surface area is 206 Å². The lowest BCUT2D eigenvalue weighted by atomic mass is 10.2. The van der Waals surface area contributed by atoms with E-state index in [0.29, 0.717) is 28.1 Å². The molecular weight excluding hydrogens is 468 g/mol. The number of amides is 1. The van der Waals surface area contributed by atoms with E-state index in [0.717, 1.165) is 16.4 Å². The van der Waals surface area contributed by atoms with Gasteiger partial charge in [-0.1, -0.05) is 48.2 Å². The van der Waals surface area contributed by atoms with Crippen molar-refractivity contribution in [3.8, 4) is 17.2 Å². The number of nitrogens with one attached hydrogen (secondary N) is 1. The van der Waals surface area contributed by atoms with Crippen LogP contribution in [0.25, 0.3) is 5.69 Å². The van der Waals surface area contributed by atoms with E-state index in [4.69, 9.17) is 9.47 Å². The summed E-state index contributed by atoms with van der Waals surface area (Å²) in [6.07, 6.45) is 0. The summed E-state index contributed by atoms with van der Waals surface area (Å²) in [6.45, 7) is 0. The monoisotopic (exact) mass is 492 g/mol. The largest absolute Gasteiger partial charge is 0.497 e. The number of para-hydroxylation sites is 1. The summed E-state index contributed by atoms with van der Waals surface area (Å²) in [6, 6.07) is 25.4. The van der Waals surface area contributed by atoms with Crippen LogP contribution in [0.1, 0.15) is 5.82 Å². The molecule has 0 atom stereocenters. The van der Waals surface area contributed by atoms with E-state index in [2.05, 4.69) is 27.6 Å². The Morgan fingerprint density at radius 2 is 1.65 bits per heavy atom. The predicted octanol–water partition coefficient (Wildman–Crippen LogP) is 5.31. The van der Waals surface area contributed by atoms with Crippen LogP contribution in [0.4, 0.5) is 5.69 Å². The molecule has 0 unspecified atom stereocenters. The summed E-state index contributed by atoms with van der Waals surface area (Å²) in [7, 11) is 3.14. The molecule has 0 radical (unpaired) electrons. The van der Waals surface area contributed by atoms with Gasteiger partial charge in [-0.15, -0.1) is 22.0 Å². The second-order valence-electron chi connectivity index (χ2n) is 7.07. The lowest BCUT2D eigenvalue weighted by Gasteiger charge is -2.12. The number of thioether (sulfide) groups is 2. The number of carbonyl (C=O) groups excluding carboxylic acids is 1. The van der Waals surface area contributed by atoms with E-state index < -0.39 is 0 Å². The third-order valence-electron chi connectivity index (χ3n) is 4.84. The van der Waals surface area contributed by atoms with Crippen LogP contribution in [-0.4, -0.2) is 40.6 Å². The van der Waals surface area contributed by atoms with Crippen LogP contribution < -0.4 is 14.8 Å². The van der Waals surface area contributed by atoms with Crippen LogP contribution in [0.5, 0.6) is 11.5 Å². The molecule has 3 aromatic carbocycles. The molecule has 0 aliphatic carbocycles. The van der Waals surface area contributed by atoms with Gasteiger partial charge in [-0.3, -0.25) is 9.36 Å². The molecule has 0 spiro atoms. The number of aromatic nitrogens is 3. The number of anilines is 1. The summed E-state index contributed by atoms with van der Waals surface area (Å²) in [5.41, 5.74) is 1.51. The molecule has 7 nitrogen and oxygen atoms in total. The van der Waals surface area contributed by atoms with Gasteiger partial charge >= 0.3 is 0 Å². The Morgan fingerprint density at radius 1 is 0.912 bits per heavy atom. The maximum atomic E-state index is 12.7. The SMILES string of the molecule is COc1ccc(OC)c(NC(=O)CSc2nnc(CSc3ccccc3)n2-c2ccccc2)c1. The second-order valence-corrected chi connectivity index (χ2v) is 9.07. The van der Waals surface area contributed by atoms with E-state index in [9.17, 15) is 4.79 Å². The Balaban J connectivity index is 1.49. The molecule has 0 bridgehead atoms. The quantitative estimate of drug-likeness (QED) is 0.301. The van der Waals surface area contributed by atoms with E-state index in [1.165, 1.54) is 11.8 Å². The maximum Gasteiger partial charge on any atom is 0.234 e. The summed E-state index contributed by atoms with van der Waals surface area (Å²) in [4.78, 5) is 13.9. The highest BCUT2D eigenvalue weighted by atomic mass is 32.2. The first-order valence-corrected chi connectivity index (χ1v) is 12.5. The van der Waals surface area contributed by atoms with Gasteiger partial charge in [0.2, 0.25) is 5.91 Å². The number of carbonyl (C=O) groups is 1. The molecule has 9 heteroatoms. The number of benzene rings is 3. The molecule has 0 aliphatic heterocycles. The molecule has 0 aliphatic rings. The van der Waals surface area contributed by atoms with Crippen molar-refractivity contribution in [1.82, 2.24) is 14.8 Å². The summed E-state index contributed by atoms with van der Waals surface area (Å²) in [5, 5.41) is 12.4. The van der Waals surface area contributed by atoms with Crippen molar-refractivity contribution >= 4 is 35.1 Å². The third kappa shape index (κ3) is 5.92. The minimum absolute atomic E-state index is 0.164. The van der Waals surface area contributed by atoms with Crippen LogP contribution >= 0.6 is 23.5 Å². The molecule has 1 N–H and O–H groups in total. The van der Waals surface area contributed by atoms with Crippen molar-refractivity contribution < 1.29 is 14.3 Å². The molecule has 0 fully saturated rings. The number of hydrogen-bond acceptors (Lipinski definition) is 7. The normalized spacial score (nSPS) is 10.6. The zero-order chi connectivity index (χ0) is 23.8. The van der Waals surface area contributed by atoms with Gasteiger partial charge in [0.1, 0.15) is 17.3 Å². The standard InChI is InChI=1S/C25H24N4O3S2/c1-31-19-13-14-22(32-2)21(15-19)26-24(30)17-34-25-28-27-23(16-33-20-11-7-4-8-12-20)29(25)18-9-5-3-6-10-18/h3-15H,16-17H2,1-2H3,(H,26,30). The van der Waals surface area contributed by atoms with Gasteiger partial charge in [0, 0.05) is 16.6 Å². The van der Waals surface area contributed by atoms with Crippen molar-refractivity contribution in [2.24, 2.45) is 0 Å². The number of nitrogens with zero attached hydrogens (tertiary/aromatic N) is 3. The van der Waals surface area contributed by atoms with Crippen LogP contribution in [0.3, 0.4) is 0 Å². The van der Waals surface area contributed by atoms with Crippen LogP contribution in [0.2, 0.25) is 0 Å². The minimum Gasteiger partial charge on any atom is -0.497 e. The molecule has 1 heterocycles. The van der Waals surface area contributed by atoms with Gasteiger partial charge in [0.15, 0.2) is 5.16 Å². The van der Waals surface area contributed by atoms with Gasteiger partial charge in [0.25, 0.3) is 0 Å². The van der Waals surface area contributed by atoms with Crippen molar-refractivity contribution in [3.05, 3.63) is 84.7 Å². The Hall–Kier alpha value is -3.43. The molecule has 0 saturated carbocycles. The van der Waals surface area contributed by atoms with Gasteiger partial charge in [0.05, 0.1) is 31.4 Å². The average molecular weight is 493 g/mol. The smallest absolute Gasteiger partial charge is 0.234 e. The van der Waals surface area contributed by atoms with E-state index >= 15 is 0 Å². The Kier molecular flexibility index (Phi) is 8.11. The lowest BCUT2D eigenvalue weighted by molar-refractivity contribution is -0.113. The van der Waals surface area contributed by atoms with Crippen molar-refractivity contribution in [2.75, 3.05) is 25.3 Å². The first-order valence-electron chi connectivity index (χ1n) is 10.5. The fraction of sp³-hybridized carbons (Fsp3) is 0.160. The molecule has 4 rings (SSSR count). The third-order valence-corrected chi connectivity index (χ3v) is 6.78. The zero-order valence-corrected chi connectivity index (χ0v) is 20.4. The van der Waals surface area contributed by atoms with Gasteiger partial charge in [-0.25, -0.2) is 0 Å². The van der Waals surface area contributed by atoms with Crippen LogP contribution in [0.15, 0.2) is 88.9 Å². The Bertz CT molecular complexity index is 1230. The van der Waals surface area contributed by atoms with E-state index in [1.807, 2.05) is 53.1 Å². The number of hydrogen-bond donors (Lipinski definition) is 1. The minimum atomic E-state index is -0.181. The predicted molar refractivity (Wildman–Crippen MR) is 136 cm³/mol. The first kappa shape index (κ1) is 23.7. The highest BCUT2D eigenvalue weighted by molar-refractivity contribution is 7.99. The molecule has 1 aromatic heterocycles. The number of methoxy groups -OCH3 is 2. The van der Waals surface area contributed by atoms with Crippen LogP contribution in [-0.2, 0) is 10.5 Å². The van der Waals surface area contributed by atoms with Gasteiger partial charge < -0.3 is 14.8 Å². The molecule has 174 valence electrons. The second kappa shape index (κ2) is 11.6. The van der Waals surface area contributed by atoms with Crippen molar-refractivity contribution in [1.29, 1.82) is 0 Å². The molecule has 4 aromatic rings. The molecule has 34 heavy (non-hydrogen) atoms. The Morgan fingerprint density at radius 3 is 2.35 bits per heavy atom. The fourth-order valence-electron chi connectivity index (χ4n) is 3.22. The van der Waals surface area contributed by atoms with Gasteiger partial charge in [-0.2, -0.15) is 0 Å². The molecule has 1 amide bonds. The van der Waals surface area contributed by atoms with E-state index in [1.54, 1.807) is 44.2 Å².